The number of urea groups is 1. The van der Waals surface area contributed by atoms with Crippen LogP contribution in [0.25, 0.3) is 0 Å². The first-order valence-electron chi connectivity index (χ1n) is 12.3. The Labute approximate surface area is 215 Å². The lowest BCUT2D eigenvalue weighted by molar-refractivity contribution is 0.0489. The van der Waals surface area contributed by atoms with E-state index in [4.69, 9.17) is 10.5 Å². The average molecular weight is 514 g/mol. The number of hydrogen-bond acceptors (Lipinski definition) is 7. The summed E-state index contributed by atoms with van der Waals surface area (Å²) >= 11 is 0. The summed E-state index contributed by atoms with van der Waals surface area (Å²) in [5.41, 5.74) is 6.41. The van der Waals surface area contributed by atoms with Crippen LogP contribution in [0.15, 0.2) is 24.3 Å². The van der Waals surface area contributed by atoms with E-state index in [0.29, 0.717) is 42.3 Å². The van der Waals surface area contributed by atoms with E-state index in [1.807, 2.05) is 19.0 Å². The lowest BCUT2D eigenvalue weighted by atomic mass is 9.91. The number of nitrogen functional groups attached to an aromatic ring is 1. The maximum Gasteiger partial charge on any atom is 0.432 e. The summed E-state index contributed by atoms with van der Waals surface area (Å²) < 4.78 is 6.34. The Morgan fingerprint density at radius 3 is 2.46 bits per heavy atom. The molecule has 1 fully saturated rings. The van der Waals surface area contributed by atoms with Gasteiger partial charge in [-0.1, -0.05) is 0 Å². The average Bonchev–Trinajstić information content (AvgIpc) is 3.34. The first-order valence-corrected chi connectivity index (χ1v) is 12.3. The standard InChI is InChI=1S/C25H35N7O5/c1-25(2)20-18(13-31(25)23(34)27-19(14-30(3)4)15-9-11-37-12-10-15)21(29-32(20)24(35)36)28-22(33)16-5-7-17(26)8-6-16/h5-8,15,19H,9-14,26H2,1-4H3,(H,27,34)(H,35,36)(H,28,29,33). The summed E-state index contributed by atoms with van der Waals surface area (Å²) in [6.45, 7) is 5.65. The maximum absolute atomic E-state index is 13.6. The van der Waals surface area contributed by atoms with E-state index in [-0.39, 0.29) is 30.4 Å². The third-order valence-corrected chi connectivity index (χ3v) is 7.09. The highest BCUT2D eigenvalue weighted by molar-refractivity contribution is 6.04. The molecular formula is C25H35N7O5. The SMILES string of the molecule is CN(C)CC(NC(=O)N1Cc2c(NC(=O)c3ccc(N)cc3)nn(C(=O)O)c2C1(C)C)C1CCOCC1. The van der Waals surface area contributed by atoms with Crippen LogP contribution in [0.3, 0.4) is 0 Å². The van der Waals surface area contributed by atoms with Crippen LogP contribution in [0.1, 0.15) is 48.3 Å². The molecule has 0 spiro atoms. The van der Waals surface area contributed by atoms with Crippen LogP contribution in [-0.4, -0.2) is 82.6 Å². The number of rotatable bonds is 6. The summed E-state index contributed by atoms with van der Waals surface area (Å²) in [6.07, 6.45) is 0.419. The van der Waals surface area contributed by atoms with E-state index >= 15 is 0 Å². The van der Waals surface area contributed by atoms with Gasteiger partial charge in [0, 0.05) is 42.6 Å². The highest BCUT2D eigenvalue weighted by Gasteiger charge is 2.47. The van der Waals surface area contributed by atoms with Gasteiger partial charge in [0.25, 0.3) is 5.91 Å². The minimum atomic E-state index is -1.30. The number of nitrogens with zero attached hydrogens (tertiary/aromatic N) is 4. The molecule has 2 aliphatic rings. The number of carboxylic acid groups (broad SMARTS) is 1. The molecule has 2 aromatic rings. The highest BCUT2D eigenvalue weighted by atomic mass is 16.5. The second-order valence-electron chi connectivity index (χ2n) is 10.4. The van der Waals surface area contributed by atoms with Gasteiger partial charge in [-0.05, 0) is 71.0 Å². The van der Waals surface area contributed by atoms with Crippen LogP contribution < -0.4 is 16.4 Å². The van der Waals surface area contributed by atoms with Gasteiger partial charge in [-0.15, -0.1) is 5.10 Å². The predicted octanol–water partition coefficient (Wildman–Crippen LogP) is 2.36. The summed E-state index contributed by atoms with van der Waals surface area (Å²) in [7, 11) is 3.93. The van der Waals surface area contributed by atoms with Crippen molar-refractivity contribution in [1.82, 2.24) is 24.9 Å². The molecule has 1 saturated heterocycles. The number of anilines is 2. The van der Waals surface area contributed by atoms with Gasteiger partial charge < -0.3 is 36.0 Å². The number of ether oxygens (including phenoxy) is 1. The number of nitrogens with two attached hydrogens (primary N) is 1. The van der Waals surface area contributed by atoms with Gasteiger partial charge in [0.2, 0.25) is 0 Å². The summed E-state index contributed by atoms with van der Waals surface area (Å²) in [5, 5.41) is 19.9. The smallest absolute Gasteiger partial charge is 0.432 e. The normalized spacial score (nSPS) is 17.9. The number of nitrogens with one attached hydrogen (secondary N) is 2. The number of carbonyl (C=O) groups excluding carboxylic acids is 2. The van der Waals surface area contributed by atoms with Gasteiger partial charge in [0.05, 0.1) is 17.8 Å². The second-order valence-corrected chi connectivity index (χ2v) is 10.4. The van der Waals surface area contributed by atoms with Crippen molar-refractivity contribution in [2.45, 2.75) is 44.8 Å². The number of aromatic nitrogens is 2. The lowest BCUT2D eigenvalue weighted by Gasteiger charge is -2.37. The van der Waals surface area contributed by atoms with Crippen LogP contribution >= 0.6 is 0 Å². The van der Waals surface area contributed by atoms with Crippen molar-refractivity contribution in [3.63, 3.8) is 0 Å². The molecular weight excluding hydrogens is 478 g/mol. The van der Waals surface area contributed by atoms with E-state index in [0.717, 1.165) is 17.5 Å². The molecule has 200 valence electrons. The molecule has 12 heteroatoms. The van der Waals surface area contributed by atoms with Crippen LogP contribution in [-0.2, 0) is 16.8 Å². The van der Waals surface area contributed by atoms with E-state index in [9.17, 15) is 19.5 Å². The molecule has 5 N–H and O–H groups in total. The van der Waals surface area contributed by atoms with Crippen molar-refractivity contribution >= 4 is 29.5 Å². The molecule has 1 unspecified atom stereocenters. The summed E-state index contributed by atoms with van der Waals surface area (Å²) in [4.78, 5) is 42.2. The largest absolute Gasteiger partial charge is 0.463 e. The van der Waals surface area contributed by atoms with Crippen LogP contribution in [0.4, 0.5) is 21.1 Å². The van der Waals surface area contributed by atoms with Gasteiger partial charge >= 0.3 is 12.1 Å². The predicted molar refractivity (Wildman–Crippen MR) is 137 cm³/mol. The Kier molecular flexibility index (Phi) is 7.42. The molecule has 0 radical (unpaired) electrons. The van der Waals surface area contributed by atoms with Crippen LogP contribution in [0, 0.1) is 5.92 Å². The molecule has 4 rings (SSSR count). The Morgan fingerprint density at radius 1 is 1.22 bits per heavy atom. The molecule has 3 amide bonds. The molecule has 3 heterocycles. The van der Waals surface area contributed by atoms with Gasteiger partial charge in [-0.2, -0.15) is 4.68 Å². The van der Waals surface area contributed by atoms with Crippen molar-refractivity contribution in [2.24, 2.45) is 5.92 Å². The number of carbonyl (C=O) groups is 3. The number of benzene rings is 1. The monoisotopic (exact) mass is 513 g/mol. The van der Waals surface area contributed by atoms with Crippen molar-refractivity contribution in [3.8, 4) is 0 Å². The second kappa shape index (κ2) is 10.4. The topological polar surface area (TPSA) is 155 Å². The van der Waals surface area contributed by atoms with Crippen molar-refractivity contribution in [1.29, 1.82) is 0 Å². The zero-order valence-electron chi connectivity index (χ0n) is 21.7. The van der Waals surface area contributed by atoms with Crippen molar-refractivity contribution in [3.05, 3.63) is 41.1 Å². The van der Waals surface area contributed by atoms with E-state index in [2.05, 4.69) is 15.7 Å². The molecule has 12 nitrogen and oxygen atoms in total. The molecule has 37 heavy (non-hydrogen) atoms. The van der Waals surface area contributed by atoms with E-state index in [1.165, 1.54) is 0 Å². The Balaban J connectivity index is 1.59. The quantitative estimate of drug-likeness (QED) is 0.429. The zero-order chi connectivity index (χ0) is 26.9. The summed E-state index contributed by atoms with van der Waals surface area (Å²) in [5.74, 6) is -0.0709. The number of amides is 3. The number of likely N-dealkylation sites (N-methyl/N-ethyl adjacent to an activating group) is 1. The van der Waals surface area contributed by atoms with Crippen molar-refractivity contribution < 1.29 is 24.2 Å². The lowest BCUT2D eigenvalue weighted by Crippen LogP contribution is -2.54. The maximum atomic E-state index is 13.6. The number of hydrogen-bond donors (Lipinski definition) is 4. The molecule has 0 bridgehead atoms. The van der Waals surface area contributed by atoms with Crippen LogP contribution in [0.5, 0.6) is 0 Å². The van der Waals surface area contributed by atoms with E-state index in [1.54, 1.807) is 43.0 Å². The van der Waals surface area contributed by atoms with Gasteiger partial charge in [-0.25, -0.2) is 9.59 Å². The van der Waals surface area contributed by atoms with E-state index < -0.39 is 17.5 Å². The third-order valence-electron chi connectivity index (χ3n) is 7.09. The molecule has 1 aromatic carbocycles. The Bertz CT molecular complexity index is 1170. The third kappa shape index (κ3) is 5.39. The molecule has 1 atom stereocenters. The summed E-state index contributed by atoms with van der Waals surface area (Å²) in [6, 6.07) is 5.97. The zero-order valence-corrected chi connectivity index (χ0v) is 21.7. The fourth-order valence-electron chi connectivity index (χ4n) is 5.15. The molecule has 0 saturated carbocycles. The van der Waals surface area contributed by atoms with Crippen molar-refractivity contribution in [2.75, 3.05) is 44.9 Å². The van der Waals surface area contributed by atoms with Crippen LogP contribution in [0.2, 0.25) is 0 Å². The van der Waals surface area contributed by atoms with Gasteiger partial charge in [0.15, 0.2) is 5.82 Å². The Morgan fingerprint density at radius 2 is 1.86 bits per heavy atom. The first kappa shape index (κ1) is 26.4. The Hall–Kier alpha value is -3.64. The van der Waals surface area contributed by atoms with Gasteiger partial charge in [0.1, 0.15) is 0 Å². The highest BCUT2D eigenvalue weighted by Crippen LogP contribution is 2.42. The minimum absolute atomic E-state index is 0.0911. The van der Waals surface area contributed by atoms with Gasteiger partial charge in [-0.3, -0.25) is 4.79 Å². The minimum Gasteiger partial charge on any atom is -0.463 e. The first-order chi connectivity index (χ1) is 17.5. The number of fused-ring (bicyclic) bond motifs is 1. The fraction of sp³-hybridized carbons (Fsp3) is 0.520. The molecule has 0 aliphatic carbocycles. The molecule has 2 aliphatic heterocycles. The molecule has 1 aromatic heterocycles. The fourth-order valence-corrected chi connectivity index (χ4v) is 5.15.